The third-order valence-corrected chi connectivity index (χ3v) is 8.07. The minimum Gasteiger partial charge on any atom is -0.445 e. The van der Waals surface area contributed by atoms with Gasteiger partial charge in [-0.25, -0.2) is 4.79 Å². The maximum Gasteiger partial charge on any atom is 0.408 e. The summed E-state index contributed by atoms with van der Waals surface area (Å²) >= 11 is 0. The second-order valence-corrected chi connectivity index (χ2v) is 11.7. The van der Waals surface area contributed by atoms with E-state index >= 15 is 0 Å². The summed E-state index contributed by atoms with van der Waals surface area (Å²) in [7, 11) is 0. The minimum atomic E-state index is -1.57. The Bertz CT molecular complexity index is 1420. The number of carbonyl (C=O) groups excluding carboxylic acids is 4. The predicted octanol–water partition coefficient (Wildman–Crippen LogP) is 3.01. The molecule has 3 aromatic rings. The molecule has 2 unspecified atom stereocenters. The molecular weight excluding hydrogens is 600 g/mol. The van der Waals surface area contributed by atoms with Crippen LogP contribution in [0, 0.1) is 5.92 Å². The molecule has 1 saturated heterocycles. The Labute approximate surface area is 275 Å². The van der Waals surface area contributed by atoms with Crippen molar-refractivity contribution in [1.29, 1.82) is 0 Å². The highest BCUT2D eigenvalue weighted by Gasteiger charge is 2.33. The maximum absolute atomic E-state index is 13.9. The average Bonchev–Trinajstić information content (AvgIpc) is 3.10. The van der Waals surface area contributed by atoms with Gasteiger partial charge in [0.1, 0.15) is 18.7 Å². The van der Waals surface area contributed by atoms with Gasteiger partial charge >= 0.3 is 6.09 Å². The van der Waals surface area contributed by atoms with E-state index in [-0.39, 0.29) is 25.5 Å². The molecule has 0 saturated carbocycles. The van der Waals surface area contributed by atoms with E-state index < -0.39 is 48.0 Å². The SMILES string of the molecule is CC(NC(=O)OCc1ccccc1)C(=O)N[C@@H](CC1CCOCC1)C(=O)NC(Cc1ccccc1)[C@H](O)C(=O)NCc1ccccc1. The van der Waals surface area contributed by atoms with Crippen molar-refractivity contribution in [2.75, 3.05) is 13.2 Å². The molecule has 5 N–H and O–H groups in total. The molecule has 4 rings (SSSR count). The van der Waals surface area contributed by atoms with E-state index in [1.807, 2.05) is 91.0 Å². The van der Waals surface area contributed by atoms with E-state index in [0.717, 1.165) is 29.5 Å². The molecule has 11 nitrogen and oxygen atoms in total. The maximum atomic E-state index is 13.9. The van der Waals surface area contributed by atoms with Crippen molar-refractivity contribution < 1.29 is 33.8 Å². The number of nitrogens with one attached hydrogen (secondary N) is 4. The van der Waals surface area contributed by atoms with Gasteiger partial charge in [0.2, 0.25) is 11.8 Å². The minimum absolute atomic E-state index is 0.0415. The molecule has 1 aliphatic rings. The summed E-state index contributed by atoms with van der Waals surface area (Å²) in [6.07, 6.45) is -0.401. The number of hydrogen-bond donors (Lipinski definition) is 5. The molecule has 0 aliphatic carbocycles. The predicted molar refractivity (Wildman–Crippen MR) is 176 cm³/mol. The van der Waals surface area contributed by atoms with Crippen LogP contribution in [0.5, 0.6) is 0 Å². The molecule has 0 bridgehead atoms. The normalized spacial score (nSPS) is 15.7. The van der Waals surface area contributed by atoms with Crippen molar-refractivity contribution in [1.82, 2.24) is 21.3 Å². The molecule has 1 heterocycles. The van der Waals surface area contributed by atoms with Crippen LogP contribution in [0.3, 0.4) is 0 Å². The molecule has 1 aliphatic heterocycles. The lowest BCUT2D eigenvalue weighted by atomic mass is 9.91. The zero-order chi connectivity index (χ0) is 33.4. The molecule has 47 heavy (non-hydrogen) atoms. The van der Waals surface area contributed by atoms with E-state index in [0.29, 0.717) is 19.6 Å². The Morgan fingerprint density at radius 2 is 1.34 bits per heavy atom. The van der Waals surface area contributed by atoms with Gasteiger partial charge in [0.25, 0.3) is 5.91 Å². The fraction of sp³-hybridized carbons (Fsp3) is 0.389. The monoisotopic (exact) mass is 644 g/mol. The van der Waals surface area contributed by atoms with E-state index in [1.165, 1.54) is 6.92 Å². The Balaban J connectivity index is 1.43. The third kappa shape index (κ3) is 11.8. The summed E-state index contributed by atoms with van der Waals surface area (Å²) in [5.41, 5.74) is 2.47. The number of amides is 4. The Hall–Kier alpha value is -4.74. The van der Waals surface area contributed by atoms with Gasteiger partial charge in [-0.05, 0) is 55.2 Å². The van der Waals surface area contributed by atoms with Crippen LogP contribution in [0.1, 0.15) is 42.9 Å². The Morgan fingerprint density at radius 1 is 0.766 bits per heavy atom. The van der Waals surface area contributed by atoms with Crippen LogP contribution in [-0.4, -0.2) is 66.4 Å². The second kappa shape index (κ2) is 18.4. The zero-order valence-corrected chi connectivity index (χ0v) is 26.6. The molecule has 250 valence electrons. The van der Waals surface area contributed by atoms with Crippen molar-refractivity contribution in [3.05, 3.63) is 108 Å². The highest BCUT2D eigenvalue weighted by atomic mass is 16.5. The standard InChI is InChI=1S/C36H44N4O7/c1-25(38-36(45)47-24-29-15-9-4-10-16-29)33(42)40-31(22-27-17-19-46-20-18-27)34(43)39-30(21-26-11-5-2-6-12-26)32(41)35(44)37-23-28-13-7-3-8-14-28/h2-16,25,27,30-32,41H,17-24H2,1H3,(H,37,44)(H,38,45)(H,39,43)(H,40,42)/t25?,30?,31-,32-/m0/s1. The summed E-state index contributed by atoms with van der Waals surface area (Å²) in [5.74, 6) is -1.65. The Kier molecular flexibility index (Phi) is 13.8. The smallest absolute Gasteiger partial charge is 0.408 e. The first-order valence-corrected chi connectivity index (χ1v) is 16.0. The van der Waals surface area contributed by atoms with E-state index in [1.54, 1.807) is 0 Å². The van der Waals surface area contributed by atoms with Gasteiger partial charge in [-0.2, -0.15) is 0 Å². The first kappa shape index (κ1) is 35.1. The highest BCUT2D eigenvalue weighted by Crippen LogP contribution is 2.21. The van der Waals surface area contributed by atoms with Gasteiger partial charge in [-0.1, -0.05) is 91.0 Å². The van der Waals surface area contributed by atoms with Crippen LogP contribution in [0.2, 0.25) is 0 Å². The first-order valence-electron chi connectivity index (χ1n) is 16.0. The molecule has 0 spiro atoms. The van der Waals surface area contributed by atoms with E-state index in [2.05, 4.69) is 21.3 Å². The van der Waals surface area contributed by atoms with Crippen LogP contribution in [0.25, 0.3) is 0 Å². The van der Waals surface area contributed by atoms with Crippen LogP contribution in [0.15, 0.2) is 91.0 Å². The molecule has 0 aromatic heterocycles. The van der Waals surface area contributed by atoms with Gasteiger partial charge in [0.05, 0.1) is 6.04 Å². The quantitative estimate of drug-likeness (QED) is 0.170. The summed E-state index contributed by atoms with van der Waals surface area (Å²) in [4.78, 5) is 52.6. The molecule has 3 aromatic carbocycles. The molecule has 4 atom stereocenters. The average molecular weight is 645 g/mol. The molecule has 1 fully saturated rings. The highest BCUT2D eigenvalue weighted by molar-refractivity contribution is 5.91. The van der Waals surface area contributed by atoms with Crippen LogP contribution in [0.4, 0.5) is 4.79 Å². The lowest BCUT2D eigenvalue weighted by molar-refractivity contribution is -0.134. The van der Waals surface area contributed by atoms with Gasteiger partial charge < -0.3 is 35.8 Å². The largest absolute Gasteiger partial charge is 0.445 e. The van der Waals surface area contributed by atoms with E-state index in [9.17, 15) is 24.3 Å². The fourth-order valence-electron chi connectivity index (χ4n) is 5.32. The second-order valence-electron chi connectivity index (χ2n) is 11.7. The fourth-order valence-corrected chi connectivity index (χ4v) is 5.32. The van der Waals surface area contributed by atoms with Crippen molar-refractivity contribution in [2.45, 2.75) is 70.0 Å². The number of aliphatic hydroxyl groups is 1. The van der Waals surface area contributed by atoms with Crippen LogP contribution >= 0.6 is 0 Å². The summed E-state index contributed by atoms with van der Waals surface area (Å²) < 4.78 is 10.7. The number of ether oxygens (including phenoxy) is 2. The summed E-state index contributed by atoms with van der Waals surface area (Å²) in [5, 5.41) is 22.1. The molecule has 0 radical (unpaired) electrons. The number of aliphatic hydroxyl groups excluding tert-OH is 1. The van der Waals surface area contributed by atoms with Crippen LogP contribution in [-0.2, 0) is 43.4 Å². The van der Waals surface area contributed by atoms with Crippen molar-refractivity contribution in [2.24, 2.45) is 5.92 Å². The van der Waals surface area contributed by atoms with Crippen molar-refractivity contribution >= 4 is 23.8 Å². The van der Waals surface area contributed by atoms with Gasteiger partial charge in [0.15, 0.2) is 6.10 Å². The Morgan fingerprint density at radius 3 is 1.96 bits per heavy atom. The molecule has 4 amide bonds. The number of carbonyl (C=O) groups is 4. The topological polar surface area (TPSA) is 155 Å². The number of hydrogen-bond acceptors (Lipinski definition) is 7. The van der Waals surface area contributed by atoms with E-state index in [4.69, 9.17) is 9.47 Å². The summed E-state index contributed by atoms with van der Waals surface area (Å²) in [6.45, 7) is 2.86. The first-order chi connectivity index (χ1) is 22.8. The van der Waals surface area contributed by atoms with Crippen molar-refractivity contribution in [3.8, 4) is 0 Å². The molecular formula is C36H44N4O7. The zero-order valence-electron chi connectivity index (χ0n) is 26.6. The lowest BCUT2D eigenvalue weighted by Crippen LogP contribution is -2.58. The van der Waals surface area contributed by atoms with Gasteiger partial charge in [-0.3, -0.25) is 14.4 Å². The number of rotatable bonds is 15. The number of alkyl carbamates (subject to hydrolysis) is 1. The van der Waals surface area contributed by atoms with Crippen LogP contribution < -0.4 is 21.3 Å². The molecule has 11 heteroatoms. The third-order valence-electron chi connectivity index (χ3n) is 8.07. The van der Waals surface area contributed by atoms with Crippen molar-refractivity contribution in [3.63, 3.8) is 0 Å². The van der Waals surface area contributed by atoms with Gasteiger partial charge in [0, 0.05) is 19.8 Å². The lowest BCUT2D eigenvalue weighted by Gasteiger charge is -2.30. The number of benzene rings is 3. The van der Waals surface area contributed by atoms with Gasteiger partial charge in [-0.15, -0.1) is 0 Å². The summed E-state index contributed by atoms with van der Waals surface area (Å²) in [6, 6.07) is 24.7.